The molecule has 1 aromatic rings. The number of nitrogens with zero attached hydrogens (tertiary/aromatic N) is 2. The maximum Gasteiger partial charge on any atom is 0.281 e. The molecular weight excluding hydrogens is 321 g/mol. The van der Waals surface area contributed by atoms with E-state index in [9.17, 15) is 17.6 Å². The summed E-state index contributed by atoms with van der Waals surface area (Å²) in [6.07, 6.45) is 1.26. The van der Waals surface area contributed by atoms with Gasteiger partial charge in [0.1, 0.15) is 5.82 Å². The van der Waals surface area contributed by atoms with E-state index in [-0.39, 0.29) is 24.8 Å². The van der Waals surface area contributed by atoms with E-state index in [1.807, 2.05) is 0 Å². The molecule has 0 bridgehead atoms. The number of carbonyl (C=O) groups excluding carboxylic acids is 1. The summed E-state index contributed by atoms with van der Waals surface area (Å²) < 4.78 is 40.3. The highest BCUT2D eigenvalue weighted by Gasteiger charge is 2.33. The molecule has 0 unspecified atom stereocenters. The van der Waals surface area contributed by atoms with Crippen LogP contribution in [0.2, 0.25) is 0 Å². The van der Waals surface area contributed by atoms with Gasteiger partial charge in [-0.3, -0.25) is 4.79 Å². The van der Waals surface area contributed by atoms with Gasteiger partial charge in [-0.05, 0) is 18.9 Å². The number of hydrogen-bond donors (Lipinski definition) is 1. The Labute approximate surface area is 136 Å². The van der Waals surface area contributed by atoms with Crippen LogP contribution < -0.4 is 5.32 Å². The van der Waals surface area contributed by atoms with Crippen molar-refractivity contribution >= 4 is 16.1 Å². The third-order valence-electron chi connectivity index (χ3n) is 3.95. The zero-order valence-electron chi connectivity index (χ0n) is 13.3. The second kappa shape index (κ2) is 7.37. The standard InChI is InChI=1S/C15H22FN3O3S/c1-18(2)23(21,22)19-9-5-7-13(11-19)15(20)17-10-12-6-3-4-8-14(12)16/h3-4,6,8,13H,5,7,9-11H2,1-2H3,(H,17,20)/t13-/m1/s1. The van der Waals surface area contributed by atoms with Gasteiger partial charge in [0.2, 0.25) is 5.91 Å². The van der Waals surface area contributed by atoms with Crippen molar-refractivity contribution in [3.8, 4) is 0 Å². The molecule has 0 radical (unpaired) electrons. The van der Waals surface area contributed by atoms with Gasteiger partial charge in [0, 0.05) is 39.3 Å². The number of rotatable bonds is 5. The summed E-state index contributed by atoms with van der Waals surface area (Å²) >= 11 is 0. The molecule has 1 heterocycles. The predicted octanol–water partition coefficient (Wildman–Crippen LogP) is 0.960. The fourth-order valence-corrected chi connectivity index (χ4v) is 3.76. The first-order valence-electron chi connectivity index (χ1n) is 7.51. The second-order valence-corrected chi connectivity index (χ2v) is 7.94. The number of hydrogen-bond acceptors (Lipinski definition) is 3. The van der Waals surface area contributed by atoms with Gasteiger partial charge >= 0.3 is 0 Å². The average Bonchev–Trinajstić information content (AvgIpc) is 2.53. The molecule has 1 saturated heterocycles. The van der Waals surface area contributed by atoms with Crippen molar-refractivity contribution in [3.05, 3.63) is 35.6 Å². The van der Waals surface area contributed by atoms with E-state index in [0.717, 1.165) is 4.31 Å². The number of halogens is 1. The molecule has 128 valence electrons. The summed E-state index contributed by atoms with van der Waals surface area (Å²) in [4.78, 5) is 12.3. The highest BCUT2D eigenvalue weighted by molar-refractivity contribution is 7.86. The minimum Gasteiger partial charge on any atom is -0.352 e. The van der Waals surface area contributed by atoms with Crippen LogP contribution in [0.25, 0.3) is 0 Å². The molecule has 1 fully saturated rings. The van der Waals surface area contributed by atoms with Gasteiger partial charge in [-0.15, -0.1) is 0 Å². The summed E-state index contributed by atoms with van der Waals surface area (Å²) in [5.41, 5.74) is 0.412. The summed E-state index contributed by atoms with van der Waals surface area (Å²) in [5, 5.41) is 2.70. The van der Waals surface area contributed by atoms with Crippen molar-refractivity contribution in [3.63, 3.8) is 0 Å². The Kier molecular flexibility index (Phi) is 5.72. The van der Waals surface area contributed by atoms with Gasteiger partial charge < -0.3 is 5.32 Å². The average molecular weight is 343 g/mol. The summed E-state index contributed by atoms with van der Waals surface area (Å²) in [5.74, 6) is -1.02. The van der Waals surface area contributed by atoms with Gasteiger partial charge in [0.25, 0.3) is 10.2 Å². The Hall–Kier alpha value is -1.51. The van der Waals surface area contributed by atoms with E-state index in [4.69, 9.17) is 0 Å². The first kappa shape index (κ1) is 17.8. The Balaban J connectivity index is 1.96. The van der Waals surface area contributed by atoms with Crippen LogP contribution in [0.1, 0.15) is 18.4 Å². The van der Waals surface area contributed by atoms with E-state index < -0.39 is 16.1 Å². The Bertz CT molecular complexity index is 664. The lowest BCUT2D eigenvalue weighted by Crippen LogP contribution is -2.48. The van der Waals surface area contributed by atoms with Crippen LogP contribution in [0.5, 0.6) is 0 Å². The van der Waals surface area contributed by atoms with Crippen LogP contribution >= 0.6 is 0 Å². The summed E-state index contributed by atoms with van der Waals surface area (Å²) in [7, 11) is -0.575. The van der Waals surface area contributed by atoms with E-state index >= 15 is 0 Å². The van der Waals surface area contributed by atoms with Crippen LogP contribution in [-0.2, 0) is 21.5 Å². The molecule has 0 aliphatic carbocycles. The second-order valence-electron chi connectivity index (χ2n) is 5.80. The van der Waals surface area contributed by atoms with Crippen molar-refractivity contribution in [1.82, 2.24) is 13.9 Å². The zero-order chi connectivity index (χ0) is 17.0. The number of benzene rings is 1. The molecule has 1 atom stereocenters. The maximum absolute atomic E-state index is 13.5. The summed E-state index contributed by atoms with van der Waals surface area (Å²) in [6.45, 7) is 0.670. The molecule has 23 heavy (non-hydrogen) atoms. The van der Waals surface area contributed by atoms with E-state index in [1.165, 1.54) is 24.5 Å². The highest BCUT2D eigenvalue weighted by Crippen LogP contribution is 2.20. The molecule has 1 aliphatic rings. The van der Waals surface area contributed by atoms with Gasteiger partial charge in [0.15, 0.2) is 0 Å². The SMILES string of the molecule is CN(C)S(=O)(=O)N1CCC[C@@H](C(=O)NCc2ccccc2F)C1. The van der Waals surface area contributed by atoms with Crippen LogP contribution in [0, 0.1) is 11.7 Å². The van der Waals surface area contributed by atoms with E-state index in [0.29, 0.717) is 24.9 Å². The molecule has 8 heteroatoms. The predicted molar refractivity (Wildman–Crippen MR) is 85.2 cm³/mol. The van der Waals surface area contributed by atoms with Gasteiger partial charge in [0.05, 0.1) is 5.92 Å². The minimum absolute atomic E-state index is 0.0996. The Morgan fingerprint density at radius 1 is 1.39 bits per heavy atom. The normalized spacial score (nSPS) is 19.7. The Morgan fingerprint density at radius 3 is 2.74 bits per heavy atom. The number of piperidine rings is 1. The van der Waals surface area contributed by atoms with Crippen molar-refractivity contribution in [2.75, 3.05) is 27.2 Å². The van der Waals surface area contributed by atoms with Crippen molar-refractivity contribution in [2.24, 2.45) is 5.92 Å². The van der Waals surface area contributed by atoms with Gasteiger partial charge in [-0.25, -0.2) is 4.39 Å². The topological polar surface area (TPSA) is 69.7 Å². The molecule has 1 aromatic carbocycles. The van der Waals surface area contributed by atoms with Gasteiger partial charge in [-0.1, -0.05) is 18.2 Å². The fraction of sp³-hybridized carbons (Fsp3) is 0.533. The lowest BCUT2D eigenvalue weighted by atomic mass is 9.99. The van der Waals surface area contributed by atoms with E-state index in [2.05, 4.69) is 5.32 Å². The molecule has 0 spiro atoms. The van der Waals surface area contributed by atoms with Gasteiger partial charge in [-0.2, -0.15) is 17.0 Å². The molecule has 0 aromatic heterocycles. The molecule has 2 rings (SSSR count). The fourth-order valence-electron chi connectivity index (χ4n) is 2.57. The Morgan fingerprint density at radius 2 is 2.09 bits per heavy atom. The zero-order valence-corrected chi connectivity index (χ0v) is 14.1. The molecule has 1 N–H and O–H groups in total. The van der Waals surface area contributed by atoms with Crippen LogP contribution in [0.15, 0.2) is 24.3 Å². The van der Waals surface area contributed by atoms with Crippen molar-refractivity contribution in [1.29, 1.82) is 0 Å². The monoisotopic (exact) mass is 343 g/mol. The third-order valence-corrected chi connectivity index (χ3v) is 5.86. The number of amides is 1. The van der Waals surface area contributed by atoms with Crippen molar-refractivity contribution < 1.29 is 17.6 Å². The highest BCUT2D eigenvalue weighted by atomic mass is 32.2. The number of carbonyl (C=O) groups is 1. The largest absolute Gasteiger partial charge is 0.352 e. The molecule has 1 aliphatic heterocycles. The lowest BCUT2D eigenvalue weighted by molar-refractivity contribution is -0.126. The smallest absolute Gasteiger partial charge is 0.281 e. The first-order valence-corrected chi connectivity index (χ1v) is 8.91. The maximum atomic E-state index is 13.5. The third kappa shape index (κ3) is 4.27. The lowest BCUT2D eigenvalue weighted by Gasteiger charge is -2.32. The number of nitrogens with one attached hydrogen (secondary N) is 1. The van der Waals surface area contributed by atoms with Crippen LogP contribution in [0.3, 0.4) is 0 Å². The van der Waals surface area contributed by atoms with Crippen LogP contribution in [-0.4, -0.2) is 50.1 Å². The van der Waals surface area contributed by atoms with E-state index in [1.54, 1.807) is 18.2 Å². The van der Waals surface area contributed by atoms with Crippen LogP contribution in [0.4, 0.5) is 4.39 Å². The van der Waals surface area contributed by atoms with Crippen molar-refractivity contribution in [2.45, 2.75) is 19.4 Å². The summed E-state index contributed by atoms with van der Waals surface area (Å²) in [6, 6.07) is 6.25. The quantitative estimate of drug-likeness (QED) is 0.866. The minimum atomic E-state index is -3.51. The molecule has 6 nitrogen and oxygen atoms in total. The molecule has 0 saturated carbocycles. The molecular formula is C15H22FN3O3S. The first-order chi connectivity index (χ1) is 10.8. The molecule has 1 amide bonds.